The Morgan fingerprint density at radius 2 is 1.81 bits per heavy atom. The number of H-pyrrole nitrogens is 1. The third-order valence-electron chi connectivity index (χ3n) is 3.13. The third kappa shape index (κ3) is 4.71. The molecule has 0 atom stereocenters. The molecule has 0 aliphatic carbocycles. The van der Waals surface area contributed by atoms with Crippen LogP contribution in [0.3, 0.4) is 0 Å². The number of hydrogen-bond acceptors (Lipinski definition) is 2. The van der Waals surface area contributed by atoms with Crippen LogP contribution in [0, 0.1) is 5.41 Å². The number of rotatable bonds is 4. The maximum absolute atomic E-state index is 6.16. The molecule has 0 aliphatic heterocycles. The first kappa shape index (κ1) is 16.8. The molecule has 116 valence electrons. The Morgan fingerprint density at radius 1 is 1.19 bits per heavy atom. The predicted molar refractivity (Wildman–Crippen MR) is 92.6 cm³/mol. The average Bonchev–Trinajstić information content (AvgIpc) is 2.66. The fourth-order valence-corrected chi connectivity index (χ4v) is 6.22. The molecule has 1 N–H and O–H groups in total. The molecule has 2 aromatic rings. The van der Waals surface area contributed by atoms with Crippen LogP contribution in [-0.2, 0) is 11.0 Å². The summed E-state index contributed by atoms with van der Waals surface area (Å²) >= 11 is 12.0. The summed E-state index contributed by atoms with van der Waals surface area (Å²) in [7, 11) is -1.70. The summed E-state index contributed by atoms with van der Waals surface area (Å²) in [6.45, 7) is 11.7. The predicted octanol–water partition coefficient (Wildman–Crippen LogP) is 5.64. The van der Waals surface area contributed by atoms with Crippen LogP contribution in [0.2, 0.25) is 29.2 Å². The molecule has 0 saturated carbocycles. The van der Waals surface area contributed by atoms with Crippen LogP contribution in [0.4, 0.5) is 0 Å². The first-order valence-corrected chi connectivity index (χ1v) is 10.9. The Bertz CT molecular complexity index is 608. The highest BCUT2D eigenvalue weighted by molar-refractivity contribution is 6.71. The van der Waals surface area contributed by atoms with Crippen molar-refractivity contribution >= 4 is 42.6 Å². The molecule has 6 heteroatoms. The summed E-state index contributed by atoms with van der Waals surface area (Å²) in [5, 5.41) is 1.05. The van der Waals surface area contributed by atoms with Gasteiger partial charge >= 0.3 is 0 Å². The van der Waals surface area contributed by atoms with Crippen molar-refractivity contribution in [2.24, 2.45) is 5.41 Å². The van der Waals surface area contributed by atoms with Crippen LogP contribution in [0.5, 0.6) is 0 Å². The molecule has 0 spiro atoms. The van der Waals surface area contributed by atoms with Gasteiger partial charge in [0.25, 0.3) is 0 Å². The van der Waals surface area contributed by atoms with E-state index in [1.807, 2.05) is 0 Å². The zero-order chi connectivity index (χ0) is 15.8. The molecule has 0 bridgehead atoms. The van der Waals surface area contributed by atoms with E-state index >= 15 is 0 Å². The van der Waals surface area contributed by atoms with Crippen molar-refractivity contribution < 1.29 is 4.43 Å². The van der Waals surface area contributed by atoms with Crippen molar-refractivity contribution in [1.82, 2.24) is 9.97 Å². The molecule has 0 radical (unpaired) electrons. The van der Waals surface area contributed by atoms with E-state index in [-0.39, 0.29) is 5.41 Å². The SMILES string of the molecule is CC(C)(C)C[Si](C)(C)OCc1nc2cc(Cl)c(Cl)cc2[nH]1. The number of benzene rings is 1. The fourth-order valence-electron chi connectivity index (χ4n) is 2.72. The van der Waals surface area contributed by atoms with Gasteiger partial charge in [-0.05, 0) is 36.7 Å². The number of fused-ring (bicyclic) bond motifs is 1. The Balaban J connectivity index is 2.10. The van der Waals surface area contributed by atoms with Gasteiger partial charge in [0.2, 0.25) is 0 Å². The van der Waals surface area contributed by atoms with Crippen LogP contribution in [0.1, 0.15) is 26.6 Å². The van der Waals surface area contributed by atoms with Gasteiger partial charge in [-0.2, -0.15) is 0 Å². The summed E-state index contributed by atoms with van der Waals surface area (Å²) in [5.41, 5.74) is 1.99. The van der Waals surface area contributed by atoms with Crippen LogP contribution in [-0.4, -0.2) is 18.3 Å². The van der Waals surface area contributed by atoms with Gasteiger partial charge in [0.1, 0.15) is 5.82 Å². The van der Waals surface area contributed by atoms with Gasteiger partial charge in [0.05, 0.1) is 27.7 Å². The second-order valence-electron chi connectivity index (χ2n) is 7.25. The molecular formula is C15H22Cl2N2OSi. The van der Waals surface area contributed by atoms with Crippen molar-refractivity contribution in [3.63, 3.8) is 0 Å². The molecule has 0 amide bonds. The second kappa shape index (κ2) is 5.92. The summed E-state index contributed by atoms with van der Waals surface area (Å²) in [4.78, 5) is 7.75. The minimum atomic E-state index is -1.70. The molecule has 2 rings (SSSR count). The lowest BCUT2D eigenvalue weighted by Gasteiger charge is -2.30. The van der Waals surface area contributed by atoms with E-state index in [4.69, 9.17) is 27.6 Å². The molecule has 1 heterocycles. The quantitative estimate of drug-likeness (QED) is 0.729. The van der Waals surface area contributed by atoms with E-state index in [1.165, 1.54) is 0 Å². The molecule has 0 unspecified atom stereocenters. The average molecular weight is 345 g/mol. The van der Waals surface area contributed by atoms with E-state index in [2.05, 4.69) is 43.8 Å². The molecule has 0 saturated heterocycles. The van der Waals surface area contributed by atoms with Crippen molar-refractivity contribution in [3.8, 4) is 0 Å². The molecule has 3 nitrogen and oxygen atoms in total. The van der Waals surface area contributed by atoms with Gasteiger partial charge in [0, 0.05) is 0 Å². The van der Waals surface area contributed by atoms with Gasteiger partial charge in [-0.3, -0.25) is 0 Å². The number of nitrogens with zero attached hydrogens (tertiary/aromatic N) is 1. The van der Waals surface area contributed by atoms with Gasteiger partial charge in [-0.15, -0.1) is 0 Å². The minimum Gasteiger partial charge on any atom is -0.410 e. The summed E-state index contributed by atoms with van der Waals surface area (Å²) in [6, 6.07) is 4.68. The maximum atomic E-state index is 6.16. The summed E-state index contributed by atoms with van der Waals surface area (Å²) in [6.07, 6.45) is 0. The van der Waals surface area contributed by atoms with Gasteiger partial charge in [0.15, 0.2) is 8.32 Å². The molecule has 0 fully saturated rings. The largest absolute Gasteiger partial charge is 0.410 e. The lowest BCUT2D eigenvalue weighted by Crippen LogP contribution is -2.34. The number of imidazole rings is 1. The van der Waals surface area contributed by atoms with Crippen LogP contribution in [0.15, 0.2) is 12.1 Å². The standard InChI is InChI=1S/C15H22Cl2N2OSi/c1-15(2,3)9-21(4,5)20-8-14-18-12-6-10(16)11(17)7-13(12)19-14/h6-7H,8-9H2,1-5H3,(H,18,19). The highest BCUT2D eigenvalue weighted by Crippen LogP contribution is 2.29. The minimum absolute atomic E-state index is 0.282. The van der Waals surface area contributed by atoms with Gasteiger partial charge in [-0.1, -0.05) is 44.0 Å². The molecule has 21 heavy (non-hydrogen) atoms. The highest BCUT2D eigenvalue weighted by Gasteiger charge is 2.29. The lowest BCUT2D eigenvalue weighted by molar-refractivity contribution is 0.273. The maximum Gasteiger partial charge on any atom is 0.187 e. The van der Waals surface area contributed by atoms with E-state index in [0.29, 0.717) is 16.7 Å². The second-order valence-corrected chi connectivity index (χ2v) is 12.2. The molecule has 1 aromatic carbocycles. The normalized spacial score (nSPS) is 13.1. The molecular weight excluding hydrogens is 323 g/mol. The summed E-state index contributed by atoms with van der Waals surface area (Å²) in [5.74, 6) is 0.817. The Hall–Kier alpha value is -0.553. The Kier molecular flexibility index (Phi) is 4.74. The molecule has 1 aromatic heterocycles. The monoisotopic (exact) mass is 344 g/mol. The highest BCUT2D eigenvalue weighted by atomic mass is 35.5. The fraction of sp³-hybridized carbons (Fsp3) is 0.533. The van der Waals surface area contributed by atoms with Crippen molar-refractivity contribution in [3.05, 3.63) is 28.0 Å². The number of aromatic nitrogens is 2. The first-order valence-electron chi connectivity index (χ1n) is 7.03. The zero-order valence-electron chi connectivity index (χ0n) is 13.2. The first-order chi connectivity index (χ1) is 9.56. The van der Waals surface area contributed by atoms with Gasteiger partial charge < -0.3 is 9.41 Å². The van der Waals surface area contributed by atoms with Crippen molar-refractivity contribution in [2.75, 3.05) is 0 Å². The third-order valence-corrected chi connectivity index (χ3v) is 6.69. The van der Waals surface area contributed by atoms with E-state index in [1.54, 1.807) is 12.1 Å². The van der Waals surface area contributed by atoms with Crippen LogP contribution < -0.4 is 0 Å². The van der Waals surface area contributed by atoms with E-state index in [9.17, 15) is 0 Å². The van der Waals surface area contributed by atoms with Gasteiger partial charge in [-0.25, -0.2) is 4.98 Å². The van der Waals surface area contributed by atoms with E-state index in [0.717, 1.165) is 22.9 Å². The van der Waals surface area contributed by atoms with Crippen LogP contribution in [0.25, 0.3) is 11.0 Å². The number of hydrogen-bond donors (Lipinski definition) is 1. The van der Waals surface area contributed by atoms with Crippen molar-refractivity contribution in [1.29, 1.82) is 0 Å². The number of halogens is 2. The smallest absolute Gasteiger partial charge is 0.187 e. The topological polar surface area (TPSA) is 37.9 Å². The Labute approximate surface area is 137 Å². The number of aromatic amines is 1. The molecule has 0 aliphatic rings. The number of nitrogens with one attached hydrogen (secondary N) is 1. The summed E-state index contributed by atoms with van der Waals surface area (Å²) < 4.78 is 6.16. The zero-order valence-corrected chi connectivity index (χ0v) is 15.7. The Morgan fingerprint density at radius 3 is 2.43 bits per heavy atom. The lowest BCUT2D eigenvalue weighted by atomic mass is 10.0. The van der Waals surface area contributed by atoms with Crippen LogP contribution >= 0.6 is 23.2 Å². The van der Waals surface area contributed by atoms with Crippen molar-refractivity contribution in [2.45, 2.75) is 46.5 Å². The van der Waals surface area contributed by atoms with E-state index < -0.39 is 8.32 Å².